The number of carbonyl (C=O) groups excluding carboxylic acids is 2. The number of hydrogen-bond acceptors (Lipinski definition) is 4. The number of hydrogen-bond donors (Lipinski definition) is 1. The van der Waals surface area contributed by atoms with Crippen LogP contribution in [0.3, 0.4) is 0 Å². The number of anilines is 1. The third-order valence-electron chi connectivity index (χ3n) is 5.06. The van der Waals surface area contributed by atoms with Crippen LogP contribution in [-0.4, -0.2) is 31.5 Å². The minimum atomic E-state index is -0.181. The zero-order chi connectivity index (χ0) is 18.1. The van der Waals surface area contributed by atoms with E-state index in [9.17, 15) is 9.59 Å². The van der Waals surface area contributed by atoms with Crippen molar-refractivity contribution in [1.29, 1.82) is 0 Å². The molecule has 0 bridgehead atoms. The number of ether oxygens (including phenoxy) is 1. The van der Waals surface area contributed by atoms with Gasteiger partial charge in [-0.15, -0.1) is 11.3 Å². The van der Waals surface area contributed by atoms with E-state index >= 15 is 0 Å². The average molecular weight is 370 g/mol. The number of amides is 2. The molecule has 0 unspecified atom stereocenters. The lowest BCUT2D eigenvalue weighted by molar-refractivity contribution is -0.117. The predicted molar refractivity (Wildman–Crippen MR) is 102 cm³/mol. The summed E-state index contributed by atoms with van der Waals surface area (Å²) in [5.74, 6) is 0.605. The van der Waals surface area contributed by atoms with Gasteiger partial charge in [-0.05, 0) is 49.4 Å². The molecule has 136 valence electrons. The number of fused-ring (bicyclic) bond motifs is 1. The van der Waals surface area contributed by atoms with Gasteiger partial charge in [0.2, 0.25) is 5.91 Å². The highest BCUT2D eigenvalue weighted by molar-refractivity contribution is 7.14. The number of nitrogens with zero attached hydrogens (tertiary/aromatic N) is 1. The van der Waals surface area contributed by atoms with Crippen LogP contribution in [0.5, 0.6) is 5.75 Å². The number of para-hydroxylation sites is 2. The fourth-order valence-electron chi connectivity index (χ4n) is 3.75. The number of carbonyl (C=O) groups is 2. The van der Waals surface area contributed by atoms with E-state index in [1.165, 1.54) is 23.3 Å². The Hall–Kier alpha value is -2.34. The van der Waals surface area contributed by atoms with E-state index in [1.54, 1.807) is 23.3 Å². The fourth-order valence-corrected chi connectivity index (χ4v) is 4.91. The van der Waals surface area contributed by atoms with Crippen LogP contribution in [0.1, 0.15) is 39.4 Å². The summed E-state index contributed by atoms with van der Waals surface area (Å²) in [4.78, 5) is 28.9. The van der Waals surface area contributed by atoms with Crippen molar-refractivity contribution in [3.8, 4) is 5.75 Å². The molecule has 0 radical (unpaired) electrons. The van der Waals surface area contributed by atoms with Crippen molar-refractivity contribution in [3.63, 3.8) is 0 Å². The van der Waals surface area contributed by atoms with E-state index in [2.05, 4.69) is 5.32 Å². The molecule has 2 aromatic rings. The molecule has 1 aliphatic heterocycles. The SMILES string of the molecule is COc1ccccc1N1C[C@@H](NC(=O)c2cc3c(s2)CCCC3)CC1=O. The van der Waals surface area contributed by atoms with Crippen LogP contribution in [0, 0.1) is 0 Å². The van der Waals surface area contributed by atoms with Gasteiger partial charge in [0.1, 0.15) is 5.75 Å². The standard InChI is InChI=1S/C20H22N2O3S/c1-25-16-8-4-3-7-15(16)22-12-14(11-19(22)23)21-20(24)18-10-13-6-2-5-9-17(13)26-18/h3-4,7-8,10,14H,2,5-6,9,11-12H2,1H3,(H,21,24)/t14-/m0/s1. The Bertz CT molecular complexity index is 822. The largest absolute Gasteiger partial charge is 0.495 e. The number of benzene rings is 1. The molecule has 1 saturated heterocycles. The zero-order valence-corrected chi connectivity index (χ0v) is 15.6. The van der Waals surface area contributed by atoms with Gasteiger partial charge < -0.3 is 15.0 Å². The second kappa shape index (κ2) is 7.11. The van der Waals surface area contributed by atoms with E-state index in [0.29, 0.717) is 18.7 Å². The zero-order valence-electron chi connectivity index (χ0n) is 14.8. The summed E-state index contributed by atoms with van der Waals surface area (Å²) in [7, 11) is 1.59. The van der Waals surface area contributed by atoms with Gasteiger partial charge in [0, 0.05) is 17.8 Å². The molecule has 1 aromatic carbocycles. The molecule has 5 nitrogen and oxygen atoms in total. The molecular formula is C20H22N2O3S. The third-order valence-corrected chi connectivity index (χ3v) is 6.29. The van der Waals surface area contributed by atoms with Crippen LogP contribution >= 0.6 is 11.3 Å². The molecule has 2 amide bonds. The third kappa shape index (κ3) is 3.21. The minimum absolute atomic E-state index is 0.00488. The van der Waals surface area contributed by atoms with Crippen molar-refractivity contribution in [2.75, 3.05) is 18.6 Å². The first-order valence-electron chi connectivity index (χ1n) is 9.01. The Kier molecular flexibility index (Phi) is 4.68. The van der Waals surface area contributed by atoms with Gasteiger partial charge in [-0.2, -0.15) is 0 Å². The highest BCUT2D eigenvalue weighted by atomic mass is 32.1. The smallest absolute Gasteiger partial charge is 0.261 e. The second-order valence-corrected chi connectivity index (χ2v) is 7.95. The summed E-state index contributed by atoms with van der Waals surface area (Å²) in [6.45, 7) is 0.468. The Morgan fingerprint density at radius 3 is 2.88 bits per heavy atom. The van der Waals surface area contributed by atoms with E-state index < -0.39 is 0 Å². The quantitative estimate of drug-likeness (QED) is 0.899. The van der Waals surface area contributed by atoms with Crippen molar-refractivity contribution in [2.24, 2.45) is 0 Å². The van der Waals surface area contributed by atoms with Crippen molar-refractivity contribution >= 4 is 28.8 Å². The summed E-state index contributed by atoms with van der Waals surface area (Å²) in [6, 6.07) is 9.31. The van der Waals surface area contributed by atoms with E-state index in [4.69, 9.17) is 4.74 Å². The molecule has 6 heteroatoms. The van der Waals surface area contributed by atoms with Gasteiger partial charge in [0.05, 0.1) is 23.7 Å². The van der Waals surface area contributed by atoms with Crippen LogP contribution in [0.15, 0.2) is 30.3 Å². The van der Waals surface area contributed by atoms with Crippen LogP contribution in [-0.2, 0) is 17.6 Å². The molecule has 1 aromatic heterocycles. The van der Waals surface area contributed by atoms with Crippen molar-refractivity contribution in [1.82, 2.24) is 5.32 Å². The first-order chi connectivity index (χ1) is 12.7. The lowest BCUT2D eigenvalue weighted by Gasteiger charge is -2.19. The summed E-state index contributed by atoms with van der Waals surface area (Å²) in [5.41, 5.74) is 2.08. The molecule has 1 aliphatic carbocycles. The maximum atomic E-state index is 12.6. The summed E-state index contributed by atoms with van der Waals surface area (Å²) < 4.78 is 5.36. The topological polar surface area (TPSA) is 58.6 Å². The number of nitrogens with one attached hydrogen (secondary N) is 1. The molecule has 1 atom stereocenters. The Labute approximate surface area is 157 Å². The molecule has 1 N–H and O–H groups in total. The lowest BCUT2D eigenvalue weighted by Crippen LogP contribution is -2.36. The Morgan fingerprint density at radius 2 is 2.08 bits per heavy atom. The van der Waals surface area contributed by atoms with E-state index in [1.807, 2.05) is 30.3 Å². The van der Waals surface area contributed by atoms with Gasteiger partial charge in [0.15, 0.2) is 0 Å². The number of thiophene rings is 1. The summed E-state index contributed by atoms with van der Waals surface area (Å²) >= 11 is 1.60. The number of methoxy groups -OCH3 is 1. The van der Waals surface area contributed by atoms with Crippen LogP contribution in [0.2, 0.25) is 0 Å². The van der Waals surface area contributed by atoms with Gasteiger partial charge in [0.25, 0.3) is 5.91 Å². The van der Waals surface area contributed by atoms with Crippen LogP contribution in [0.25, 0.3) is 0 Å². The average Bonchev–Trinajstić information content (AvgIpc) is 3.25. The Morgan fingerprint density at radius 1 is 1.27 bits per heavy atom. The van der Waals surface area contributed by atoms with Crippen molar-refractivity contribution in [2.45, 2.75) is 38.1 Å². The molecule has 2 aliphatic rings. The van der Waals surface area contributed by atoms with Gasteiger partial charge in [-0.25, -0.2) is 0 Å². The van der Waals surface area contributed by atoms with Gasteiger partial charge in [-0.3, -0.25) is 9.59 Å². The molecule has 0 spiro atoms. The number of aryl methyl sites for hydroxylation is 2. The van der Waals surface area contributed by atoms with E-state index in [-0.39, 0.29) is 17.9 Å². The highest BCUT2D eigenvalue weighted by Crippen LogP contribution is 2.32. The molecule has 4 rings (SSSR count). The molecular weight excluding hydrogens is 348 g/mol. The fraction of sp³-hybridized carbons (Fsp3) is 0.400. The van der Waals surface area contributed by atoms with Crippen LogP contribution < -0.4 is 15.0 Å². The lowest BCUT2D eigenvalue weighted by atomic mass is 9.99. The Balaban J connectivity index is 1.45. The molecule has 2 heterocycles. The van der Waals surface area contributed by atoms with Gasteiger partial charge >= 0.3 is 0 Å². The van der Waals surface area contributed by atoms with Gasteiger partial charge in [-0.1, -0.05) is 12.1 Å². The number of rotatable bonds is 4. The molecule has 26 heavy (non-hydrogen) atoms. The van der Waals surface area contributed by atoms with Crippen molar-refractivity contribution < 1.29 is 14.3 Å². The van der Waals surface area contributed by atoms with Crippen LogP contribution in [0.4, 0.5) is 5.69 Å². The highest BCUT2D eigenvalue weighted by Gasteiger charge is 2.33. The first kappa shape index (κ1) is 17.1. The molecule has 0 saturated carbocycles. The maximum absolute atomic E-state index is 12.6. The first-order valence-corrected chi connectivity index (χ1v) is 9.83. The predicted octanol–water partition coefficient (Wildman–Crippen LogP) is 3.17. The maximum Gasteiger partial charge on any atom is 0.261 e. The molecule has 1 fully saturated rings. The second-order valence-electron chi connectivity index (χ2n) is 6.82. The minimum Gasteiger partial charge on any atom is -0.495 e. The summed E-state index contributed by atoms with van der Waals surface area (Å²) in [6.07, 6.45) is 4.88. The van der Waals surface area contributed by atoms with Crippen molar-refractivity contribution in [3.05, 3.63) is 45.6 Å². The normalized spacial score (nSPS) is 19.3. The monoisotopic (exact) mass is 370 g/mol. The van der Waals surface area contributed by atoms with E-state index in [0.717, 1.165) is 23.4 Å². The summed E-state index contributed by atoms with van der Waals surface area (Å²) in [5, 5.41) is 3.04.